The Morgan fingerprint density at radius 2 is 1.95 bits per heavy atom. The molecule has 1 heterocycles. The van der Waals surface area contributed by atoms with Gasteiger partial charge in [-0.15, -0.1) is 0 Å². The van der Waals surface area contributed by atoms with Gasteiger partial charge in [0.25, 0.3) is 5.91 Å². The second-order valence-corrected chi connectivity index (χ2v) is 3.98. The molecule has 0 bridgehead atoms. The van der Waals surface area contributed by atoms with E-state index in [0.29, 0.717) is 17.7 Å². The van der Waals surface area contributed by atoms with Crippen molar-refractivity contribution in [2.75, 3.05) is 6.54 Å². The number of amides is 1. The maximum absolute atomic E-state index is 12.3. The molecule has 1 aromatic heterocycles. The molecule has 0 radical (unpaired) electrons. The summed E-state index contributed by atoms with van der Waals surface area (Å²) in [4.78, 5) is 14.9. The monoisotopic (exact) mass is 300 g/mol. The van der Waals surface area contributed by atoms with Crippen LogP contribution in [0.25, 0.3) is 11.4 Å². The molecule has 2 rings (SSSR count). The molecule has 0 fully saturated rings. The molecule has 0 unspecified atom stereocenters. The molecule has 0 saturated heterocycles. The molecule has 6 nitrogen and oxygen atoms in total. The van der Waals surface area contributed by atoms with Gasteiger partial charge >= 0.3 is 12.1 Å². The van der Waals surface area contributed by atoms with Gasteiger partial charge < -0.3 is 4.52 Å². The van der Waals surface area contributed by atoms with Crippen LogP contribution in [-0.2, 0) is 6.18 Å². The second-order valence-electron chi connectivity index (χ2n) is 3.98. The van der Waals surface area contributed by atoms with E-state index in [9.17, 15) is 18.0 Å². The predicted octanol–water partition coefficient (Wildman–Crippen LogP) is 2.01. The number of hydrazine groups is 1. The topological polar surface area (TPSA) is 80.0 Å². The largest absolute Gasteiger partial charge is 0.471 e. The van der Waals surface area contributed by atoms with Gasteiger partial charge in [0.2, 0.25) is 5.82 Å². The van der Waals surface area contributed by atoms with Crippen LogP contribution in [0.1, 0.15) is 23.2 Å². The number of aromatic nitrogens is 2. The lowest BCUT2D eigenvalue weighted by Crippen LogP contribution is -2.36. The molecule has 0 aliphatic carbocycles. The van der Waals surface area contributed by atoms with Crippen LogP contribution in [0.2, 0.25) is 0 Å². The van der Waals surface area contributed by atoms with Crippen LogP contribution < -0.4 is 10.9 Å². The Balaban J connectivity index is 2.15. The van der Waals surface area contributed by atoms with Gasteiger partial charge in [0, 0.05) is 17.7 Å². The highest BCUT2D eigenvalue weighted by molar-refractivity contribution is 5.94. The minimum absolute atomic E-state index is 0.194. The molecular weight excluding hydrogens is 289 g/mol. The molecule has 9 heteroatoms. The Morgan fingerprint density at radius 1 is 1.29 bits per heavy atom. The van der Waals surface area contributed by atoms with Crippen LogP contribution >= 0.6 is 0 Å². The Kier molecular flexibility index (Phi) is 4.22. The van der Waals surface area contributed by atoms with E-state index in [-0.39, 0.29) is 11.7 Å². The number of nitrogens with one attached hydrogen (secondary N) is 2. The van der Waals surface area contributed by atoms with Crippen molar-refractivity contribution in [2.45, 2.75) is 13.1 Å². The fraction of sp³-hybridized carbons (Fsp3) is 0.250. The first-order chi connectivity index (χ1) is 9.91. The highest BCUT2D eigenvalue weighted by atomic mass is 19.4. The number of hydrogen-bond acceptors (Lipinski definition) is 5. The number of rotatable bonds is 4. The quantitative estimate of drug-likeness (QED) is 0.844. The van der Waals surface area contributed by atoms with Gasteiger partial charge in [-0.1, -0.05) is 24.2 Å². The summed E-state index contributed by atoms with van der Waals surface area (Å²) in [5, 5.41) is 3.26. The first kappa shape index (κ1) is 15.0. The Hall–Kier alpha value is -2.42. The number of alkyl halides is 3. The average Bonchev–Trinajstić information content (AvgIpc) is 2.95. The van der Waals surface area contributed by atoms with Gasteiger partial charge in [-0.3, -0.25) is 10.2 Å². The SMILES string of the molecule is CCNNC(=O)c1ccc(-c2noc(C(F)(F)F)n2)cc1. The number of carbonyl (C=O) groups is 1. The summed E-state index contributed by atoms with van der Waals surface area (Å²) in [6.45, 7) is 2.38. The predicted molar refractivity (Wildman–Crippen MR) is 65.9 cm³/mol. The van der Waals surface area contributed by atoms with Gasteiger partial charge in [0.15, 0.2) is 0 Å². The van der Waals surface area contributed by atoms with Crippen molar-refractivity contribution in [1.82, 2.24) is 21.0 Å². The molecule has 2 aromatic rings. The Labute approximate surface area is 117 Å². The van der Waals surface area contributed by atoms with E-state index < -0.39 is 12.1 Å². The zero-order chi connectivity index (χ0) is 15.5. The summed E-state index contributed by atoms with van der Waals surface area (Å²) in [6, 6.07) is 5.77. The third kappa shape index (κ3) is 3.57. The van der Waals surface area contributed by atoms with Crippen LogP contribution in [0.15, 0.2) is 28.8 Å². The van der Waals surface area contributed by atoms with Crippen molar-refractivity contribution >= 4 is 5.91 Å². The molecule has 1 amide bonds. The average molecular weight is 300 g/mol. The molecular formula is C12H11F3N4O2. The maximum Gasteiger partial charge on any atom is 0.471 e. The molecule has 0 spiro atoms. The second kappa shape index (κ2) is 5.92. The zero-order valence-electron chi connectivity index (χ0n) is 10.9. The third-order valence-electron chi connectivity index (χ3n) is 2.45. The molecule has 0 saturated carbocycles. The van der Waals surface area contributed by atoms with Crippen molar-refractivity contribution in [3.05, 3.63) is 35.7 Å². The van der Waals surface area contributed by atoms with Gasteiger partial charge in [-0.05, 0) is 12.1 Å². The zero-order valence-corrected chi connectivity index (χ0v) is 10.9. The number of nitrogens with zero attached hydrogens (tertiary/aromatic N) is 2. The summed E-state index contributed by atoms with van der Waals surface area (Å²) in [6.07, 6.45) is -4.68. The van der Waals surface area contributed by atoms with Crippen LogP contribution in [0.3, 0.4) is 0 Å². The Bertz CT molecular complexity index is 622. The lowest BCUT2D eigenvalue weighted by molar-refractivity contribution is -0.159. The van der Waals surface area contributed by atoms with Gasteiger partial charge in [-0.25, -0.2) is 5.43 Å². The molecule has 21 heavy (non-hydrogen) atoms. The standard InChI is InChI=1S/C12H11F3N4O2/c1-2-16-18-10(20)8-5-3-7(4-6-8)9-17-11(21-19-9)12(13,14)15/h3-6,16H,2H2,1H3,(H,18,20). The van der Waals surface area contributed by atoms with Crippen molar-refractivity contribution in [3.63, 3.8) is 0 Å². The molecule has 0 aliphatic rings. The lowest BCUT2D eigenvalue weighted by Gasteiger charge is -2.04. The number of hydrogen-bond donors (Lipinski definition) is 2. The maximum atomic E-state index is 12.3. The van der Waals surface area contributed by atoms with Gasteiger partial charge in [0.1, 0.15) is 0 Å². The molecule has 0 atom stereocenters. The highest BCUT2D eigenvalue weighted by Crippen LogP contribution is 2.29. The van der Waals surface area contributed by atoms with Crippen molar-refractivity contribution in [2.24, 2.45) is 0 Å². The van der Waals surface area contributed by atoms with E-state index >= 15 is 0 Å². The van der Waals surface area contributed by atoms with Crippen LogP contribution in [0.4, 0.5) is 13.2 Å². The van der Waals surface area contributed by atoms with E-state index in [1.807, 2.05) is 6.92 Å². The summed E-state index contributed by atoms with van der Waals surface area (Å²) in [5.74, 6) is -1.96. The van der Waals surface area contributed by atoms with E-state index in [2.05, 4.69) is 25.5 Å². The number of halogens is 3. The summed E-state index contributed by atoms with van der Waals surface area (Å²) in [7, 11) is 0. The molecule has 0 aliphatic heterocycles. The van der Waals surface area contributed by atoms with Crippen molar-refractivity contribution < 1.29 is 22.5 Å². The van der Waals surface area contributed by atoms with Crippen molar-refractivity contribution in [1.29, 1.82) is 0 Å². The minimum Gasteiger partial charge on any atom is -0.329 e. The molecule has 2 N–H and O–H groups in total. The van der Waals surface area contributed by atoms with Crippen LogP contribution in [0.5, 0.6) is 0 Å². The fourth-order valence-corrected chi connectivity index (χ4v) is 1.47. The fourth-order valence-electron chi connectivity index (χ4n) is 1.47. The lowest BCUT2D eigenvalue weighted by atomic mass is 10.1. The first-order valence-corrected chi connectivity index (χ1v) is 5.96. The third-order valence-corrected chi connectivity index (χ3v) is 2.45. The minimum atomic E-state index is -4.68. The summed E-state index contributed by atoms with van der Waals surface area (Å²) in [5.41, 5.74) is 5.75. The normalized spacial score (nSPS) is 11.4. The van der Waals surface area contributed by atoms with Gasteiger partial charge in [-0.2, -0.15) is 18.2 Å². The van der Waals surface area contributed by atoms with E-state index in [1.165, 1.54) is 24.3 Å². The Morgan fingerprint density at radius 3 is 2.48 bits per heavy atom. The number of carbonyl (C=O) groups excluding carboxylic acids is 1. The van der Waals surface area contributed by atoms with E-state index in [0.717, 1.165) is 0 Å². The van der Waals surface area contributed by atoms with Crippen LogP contribution in [-0.4, -0.2) is 22.6 Å². The van der Waals surface area contributed by atoms with Crippen molar-refractivity contribution in [3.8, 4) is 11.4 Å². The summed E-state index contributed by atoms with van der Waals surface area (Å²) < 4.78 is 41.2. The first-order valence-electron chi connectivity index (χ1n) is 5.96. The van der Waals surface area contributed by atoms with E-state index in [1.54, 1.807) is 0 Å². The highest BCUT2D eigenvalue weighted by Gasteiger charge is 2.38. The number of benzene rings is 1. The molecule has 1 aromatic carbocycles. The van der Waals surface area contributed by atoms with E-state index in [4.69, 9.17) is 0 Å². The van der Waals surface area contributed by atoms with Crippen LogP contribution in [0, 0.1) is 0 Å². The smallest absolute Gasteiger partial charge is 0.329 e. The summed E-state index contributed by atoms with van der Waals surface area (Å²) >= 11 is 0. The molecule has 112 valence electrons. The van der Waals surface area contributed by atoms with Gasteiger partial charge in [0.05, 0.1) is 0 Å².